The first-order chi connectivity index (χ1) is 16.0. The van der Waals surface area contributed by atoms with Crippen molar-refractivity contribution in [1.29, 1.82) is 0 Å². The Balaban J connectivity index is 1.23. The minimum absolute atomic E-state index is 0.236. The minimum atomic E-state index is -0.373. The van der Waals surface area contributed by atoms with Gasteiger partial charge in [-0.2, -0.15) is 0 Å². The summed E-state index contributed by atoms with van der Waals surface area (Å²) in [6, 6.07) is 17.4. The number of nitrogens with one attached hydrogen (secondary N) is 1. The van der Waals surface area contributed by atoms with Crippen LogP contribution in [0.4, 0.5) is 4.79 Å². The van der Waals surface area contributed by atoms with Crippen LogP contribution in [-0.4, -0.2) is 44.9 Å². The van der Waals surface area contributed by atoms with Crippen molar-refractivity contribution in [3.63, 3.8) is 0 Å². The summed E-state index contributed by atoms with van der Waals surface area (Å²) in [6.07, 6.45) is 2.42. The van der Waals surface area contributed by atoms with E-state index in [4.69, 9.17) is 9.57 Å². The van der Waals surface area contributed by atoms with Crippen molar-refractivity contribution >= 4 is 28.6 Å². The van der Waals surface area contributed by atoms with Crippen LogP contribution < -0.4 is 10.1 Å². The van der Waals surface area contributed by atoms with Crippen LogP contribution in [0.1, 0.15) is 18.2 Å². The summed E-state index contributed by atoms with van der Waals surface area (Å²) < 4.78 is 7.65. The highest BCUT2D eigenvalue weighted by atomic mass is 32.2. The van der Waals surface area contributed by atoms with Gasteiger partial charge in [0, 0.05) is 18.8 Å². The molecule has 0 aliphatic carbocycles. The average Bonchev–Trinajstić information content (AvgIpc) is 3.36. The van der Waals surface area contributed by atoms with Crippen LogP contribution in [0.2, 0.25) is 0 Å². The van der Waals surface area contributed by atoms with Crippen LogP contribution >= 0.6 is 11.8 Å². The molecule has 1 unspecified atom stereocenters. The minimum Gasteiger partial charge on any atom is -0.490 e. The fourth-order valence-electron chi connectivity index (χ4n) is 3.35. The van der Waals surface area contributed by atoms with Crippen molar-refractivity contribution in [2.45, 2.75) is 18.6 Å². The number of imide groups is 1. The van der Waals surface area contributed by atoms with Crippen LogP contribution in [0, 0.1) is 0 Å². The number of oxime groups is 1. The lowest BCUT2D eigenvalue weighted by Crippen LogP contribution is -2.25. The number of amides is 2. The molecule has 1 fully saturated rings. The van der Waals surface area contributed by atoms with Crippen molar-refractivity contribution in [1.82, 2.24) is 14.9 Å². The molecule has 1 N–H and O–H groups in total. The van der Waals surface area contributed by atoms with E-state index in [-0.39, 0.29) is 16.4 Å². The lowest BCUT2D eigenvalue weighted by Gasteiger charge is -2.08. The van der Waals surface area contributed by atoms with E-state index in [1.165, 1.54) is 0 Å². The Morgan fingerprint density at radius 2 is 1.88 bits per heavy atom. The molecule has 2 amide bonds. The Kier molecular flexibility index (Phi) is 7.09. The van der Waals surface area contributed by atoms with E-state index in [1.54, 1.807) is 0 Å². The van der Waals surface area contributed by atoms with Crippen LogP contribution in [0.5, 0.6) is 5.75 Å². The number of ether oxygens (including phenoxy) is 1. The van der Waals surface area contributed by atoms with E-state index in [1.807, 2.05) is 79.3 Å². The fourth-order valence-corrected chi connectivity index (χ4v) is 4.21. The molecule has 33 heavy (non-hydrogen) atoms. The molecule has 1 aliphatic rings. The smallest absolute Gasteiger partial charge is 0.286 e. The highest BCUT2D eigenvalue weighted by Gasteiger charge is 2.31. The van der Waals surface area contributed by atoms with E-state index >= 15 is 0 Å². The van der Waals surface area contributed by atoms with Gasteiger partial charge in [-0.3, -0.25) is 14.9 Å². The van der Waals surface area contributed by atoms with Gasteiger partial charge >= 0.3 is 0 Å². The van der Waals surface area contributed by atoms with Gasteiger partial charge in [0.25, 0.3) is 5.24 Å². The molecule has 1 aliphatic heterocycles. The van der Waals surface area contributed by atoms with Gasteiger partial charge in [-0.25, -0.2) is 4.98 Å². The van der Waals surface area contributed by atoms with Crippen molar-refractivity contribution < 1.29 is 19.2 Å². The summed E-state index contributed by atoms with van der Waals surface area (Å²) in [7, 11) is 1.95. The monoisotopic (exact) mass is 464 g/mol. The number of carbonyl (C=O) groups excluding carboxylic acids is 2. The second-order valence-corrected chi connectivity index (χ2v) is 8.69. The summed E-state index contributed by atoms with van der Waals surface area (Å²) in [5.41, 5.74) is 3.44. The van der Waals surface area contributed by atoms with Crippen LogP contribution in [0.3, 0.4) is 0 Å². The lowest BCUT2D eigenvalue weighted by molar-refractivity contribution is -0.118. The predicted octanol–water partition coefficient (Wildman–Crippen LogP) is 3.80. The molecule has 170 valence electrons. The van der Waals surface area contributed by atoms with Gasteiger partial charge in [0.05, 0.1) is 5.25 Å². The summed E-state index contributed by atoms with van der Waals surface area (Å²) in [5.74, 6) is 1.32. The number of aromatic nitrogens is 2. The van der Waals surface area contributed by atoms with Gasteiger partial charge in [0.2, 0.25) is 5.91 Å². The molecule has 1 aromatic heterocycles. The highest BCUT2D eigenvalue weighted by molar-refractivity contribution is 8.15. The molecule has 9 heteroatoms. The lowest BCUT2D eigenvalue weighted by atomic mass is 10.1. The number of thioether (sulfide) groups is 1. The third-order valence-electron chi connectivity index (χ3n) is 5.04. The number of imidazole rings is 1. The van der Waals surface area contributed by atoms with Gasteiger partial charge in [-0.15, -0.1) is 0 Å². The van der Waals surface area contributed by atoms with E-state index in [2.05, 4.69) is 15.5 Å². The molecule has 0 saturated carbocycles. The van der Waals surface area contributed by atoms with Crippen molar-refractivity contribution in [2.24, 2.45) is 12.2 Å². The second kappa shape index (κ2) is 10.4. The predicted molar refractivity (Wildman–Crippen MR) is 127 cm³/mol. The number of rotatable bonds is 9. The molecule has 0 spiro atoms. The molecular formula is C24H24N4O4S. The van der Waals surface area contributed by atoms with E-state index in [0.717, 1.165) is 34.4 Å². The molecule has 4 rings (SSSR count). The molecule has 1 atom stereocenters. The first kappa shape index (κ1) is 22.6. The highest BCUT2D eigenvalue weighted by Crippen LogP contribution is 2.24. The van der Waals surface area contributed by atoms with E-state index in [0.29, 0.717) is 31.1 Å². The molecule has 0 bridgehead atoms. The van der Waals surface area contributed by atoms with Crippen molar-refractivity contribution in [3.8, 4) is 17.1 Å². The van der Waals surface area contributed by atoms with Gasteiger partial charge in [-0.1, -0.05) is 59.4 Å². The summed E-state index contributed by atoms with van der Waals surface area (Å²) >= 11 is 1.03. The molecule has 2 heterocycles. The maximum Gasteiger partial charge on any atom is 0.286 e. The third kappa shape index (κ3) is 5.81. The van der Waals surface area contributed by atoms with Crippen LogP contribution in [0.15, 0.2) is 65.9 Å². The maximum absolute atomic E-state index is 11.7. The van der Waals surface area contributed by atoms with Crippen molar-refractivity contribution in [2.75, 3.05) is 13.2 Å². The first-order valence-corrected chi connectivity index (χ1v) is 11.4. The third-order valence-corrected chi connectivity index (χ3v) is 6.02. The Bertz CT molecular complexity index is 1160. The quantitative estimate of drug-likeness (QED) is 0.294. The zero-order valence-electron chi connectivity index (χ0n) is 18.4. The number of aryl methyl sites for hydroxylation is 1. The van der Waals surface area contributed by atoms with Gasteiger partial charge < -0.3 is 14.1 Å². The van der Waals surface area contributed by atoms with Crippen LogP contribution in [-0.2, 0) is 23.1 Å². The molecule has 0 radical (unpaired) electrons. The second-order valence-electron chi connectivity index (χ2n) is 7.52. The van der Waals surface area contributed by atoms with Gasteiger partial charge in [0.1, 0.15) is 29.6 Å². The Labute approximate surface area is 196 Å². The Hall–Kier alpha value is -3.59. The maximum atomic E-state index is 11.7. The van der Waals surface area contributed by atoms with E-state index in [9.17, 15) is 9.59 Å². The molecular weight excluding hydrogens is 440 g/mol. The summed E-state index contributed by atoms with van der Waals surface area (Å²) in [5, 5.41) is 5.79. The van der Waals surface area contributed by atoms with E-state index < -0.39 is 0 Å². The largest absolute Gasteiger partial charge is 0.490 e. The Morgan fingerprint density at radius 3 is 2.58 bits per heavy atom. The van der Waals surface area contributed by atoms with Crippen LogP contribution in [0.25, 0.3) is 11.4 Å². The molecule has 1 saturated heterocycles. The number of carbonyl (C=O) groups is 2. The zero-order chi connectivity index (χ0) is 23.2. The molecule has 2 aromatic carbocycles. The first-order valence-electron chi connectivity index (χ1n) is 10.5. The molecule has 8 nitrogen and oxygen atoms in total. The number of nitrogens with zero attached hydrogens (tertiary/aromatic N) is 3. The number of hydrogen-bond donors (Lipinski definition) is 1. The molecule has 3 aromatic rings. The summed E-state index contributed by atoms with van der Waals surface area (Å²) in [6.45, 7) is 2.48. The standard InChI is InChI=1S/C24H24N4O4S/c1-16(20-15-28(2)22(25-20)18-6-4-3-5-7-18)27-32-13-12-31-19-10-8-17(9-11-19)14-21-23(29)26-24(30)33-21/h3-11,15,21H,12-14H2,1-2H3,(H,26,29,30). The normalized spacial score (nSPS) is 16.1. The Morgan fingerprint density at radius 1 is 1.12 bits per heavy atom. The zero-order valence-corrected chi connectivity index (χ0v) is 19.2. The van der Waals surface area contributed by atoms with Gasteiger partial charge in [0.15, 0.2) is 6.61 Å². The fraction of sp³-hybridized carbons (Fsp3) is 0.250. The average molecular weight is 465 g/mol. The van der Waals surface area contributed by atoms with Gasteiger partial charge in [-0.05, 0) is 31.0 Å². The summed E-state index contributed by atoms with van der Waals surface area (Å²) in [4.78, 5) is 33.0. The number of hydrogen-bond acceptors (Lipinski definition) is 7. The van der Waals surface area contributed by atoms with Crippen molar-refractivity contribution in [3.05, 3.63) is 72.1 Å². The number of benzene rings is 2. The topological polar surface area (TPSA) is 94.8 Å². The SMILES string of the molecule is CC(=NOCCOc1ccc(CC2SC(=O)NC2=O)cc1)c1cn(C)c(-c2ccccc2)n1.